The lowest BCUT2D eigenvalue weighted by atomic mass is 11.2. The second-order valence-electron chi connectivity index (χ2n) is 0.844. The molecule has 0 aromatic carbocycles. The second-order valence-corrected chi connectivity index (χ2v) is 1.21. The molecule has 0 amide bonds. The van der Waals surface area contributed by atoms with Gasteiger partial charge in [0, 0.05) is 14.1 Å². The summed E-state index contributed by atoms with van der Waals surface area (Å²) in [6.07, 6.45) is 0. The first kappa shape index (κ1) is 6.65. The van der Waals surface area contributed by atoms with Crippen LogP contribution in [0.5, 0.6) is 0 Å². The highest BCUT2D eigenvalue weighted by atomic mass is 32.1. The Morgan fingerprint density at radius 3 is 2.29 bits per heavy atom. The maximum Gasteiger partial charge on any atom is 0.278 e. The molecule has 0 atom stereocenters. The maximum absolute atomic E-state index is 4.56. The molecule has 0 bridgehead atoms. The van der Waals surface area contributed by atoms with Crippen molar-refractivity contribution in [2.45, 2.75) is 0 Å². The molecule has 0 unspecified atom stereocenters. The van der Waals surface area contributed by atoms with E-state index in [-0.39, 0.29) is 0 Å². The highest BCUT2D eigenvalue weighted by Crippen LogP contribution is 1.64. The Bertz CT molecular complexity index is 66.0. The third-order valence-electron chi connectivity index (χ3n) is 0.399. The zero-order chi connectivity index (χ0) is 5.70. The fraction of sp³-hybridized carbons (Fsp3) is 0.667. The summed E-state index contributed by atoms with van der Waals surface area (Å²) in [5, 5.41) is 2.96. The maximum atomic E-state index is 4.56. The number of hydrogen-bond donors (Lipinski definition) is 2. The Balaban J connectivity index is 3.00. The summed E-state index contributed by atoms with van der Waals surface area (Å²) in [5.74, 6) is 0. The average Bonchev–Trinajstić information content (AvgIpc) is 1.68. The fourth-order valence-corrected chi connectivity index (χ4v) is 0.227. The first-order chi connectivity index (χ1) is 3.31. The molecule has 0 radical (unpaired) electrons. The molecule has 42 valence electrons. The highest BCUT2D eigenvalue weighted by Gasteiger charge is 1.83. The van der Waals surface area contributed by atoms with E-state index in [1.54, 1.807) is 14.1 Å². The summed E-state index contributed by atoms with van der Waals surface area (Å²) in [7, 11) is 3.34. The summed E-state index contributed by atoms with van der Waals surface area (Å²) in [5.41, 5.74) is 2.41. The SMILES string of the molecule is CNOC(=S)NC. The Kier molecular flexibility index (Phi) is 3.64. The lowest BCUT2D eigenvalue weighted by Crippen LogP contribution is -2.24. The molecule has 0 heterocycles. The van der Waals surface area contributed by atoms with Gasteiger partial charge in [0.1, 0.15) is 0 Å². The number of rotatable bonds is 1. The van der Waals surface area contributed by atoms with Crippen LogP contribution in [0.25, 0.3) is 0 Å². The van der Waals surface area contributed by atoms with Gasteiger partial charge in [-0.1, -0.05) is 0 Å². The Morgan fingerprint density at radius 1 is 1.57 bits per heavy atom. The van der Waals surface area contributed by atoms with Gasteiger partial charge in [0.15, 0.2) is 0 Å². The van der Waals surface area contributed by atoms with Crippen molar-refractivity contribution in [3.63, 3.8) is 0 Å². The van der Waals surface area contributed by atoms with Gasteiger partial charge < -0.3 is 10.2 Å². The highest BCUT2D eigenvalue weighted by molar-refractivity contribution is 7.80. The van der Waals surface area contributed by atoms with Gasteiger partial charge in [-0.3, -0.25) is 0 Å². The van der Waals surface area contributed by atoms with Gasteiger partial charge in [0.05, 0.1) is 0 Å². The normalized spacial score (nSPS) is 7.71. The Morgan fingerprint density at radius 2 is 2.14 bits per heavy atom. The van der Waals surface area contributed by atoms with Crippen molar-refractivity contribution in [3.05, 3.63) is 0 Å². The minimum atomic E-state index is 0.350. The van der Waals surface area contributed by atoms with Crippen LogP contribution < -0.4 is 10.8 Å². The first-order valence-electron chi connectivity index (χ1n) is 1.86. The molecule has 4 heteroatoms. The zero-order valence-electron chi connectivity index (χ0n) is 4.32. The lowest BCUT2D eigenvalue weighted by molar-refractivity contribution is 0.206. The van der Waals surface area contributed by atoms with Gasteiger partial charge in [-0.25, -0.2) is 0 Å². The summed E-state index contributed by atoms with van der Waals surface area (Å²) < 4.78 is 0. The van der Waals surface area contributed by atoms with Crippen molar-refractivity contribution in [1.29, 1.82) is 0 Å². The van der Waals surface area contributed by atoms with Crippen LogP contribution in [-0.2, 0) is 4.84 Å². The van der Waals surface area contributed by atoms with Crippen molar-refractivity contribution in [2.24, 2.45) is 0 Å². The van der Waals surface area contributed by atoms with Crippen molar-refractivity contribution >= 4 is 17.4 Å². The standard InChI is InChI=1S/C3H8N2OS/c1-4-3(7)6-5-2/h5H,1-2H3,(H,4,7). The third kappa shape index (κ3) is 3.48. The molecular weight excluding hydrogens is 112 g/mol. The molecule has 0 rings (SSSR count). The largest absolute Gasteiger partial charge is 0.379 e. The van der Waals surface area contributed by atoms with Crippen molar-refractivity contribution in [1.82, 2.24) is 10.8 Å². The van der Waals surface area contributed by atoms with E-state index in [2.05, 4.69) is 27.9 Å². The van der Waals surface area contributed by atoms with Crippen LogP contribution in [0.1, 0.15) is 0 Å². The van der Waals surface area contributed by atoms with Crippen LogP contribution >= 0.6 is 12.2 Å². The molecule has 0 fully saturated rings. The molecule has 0 spiro atoms. The van der Waals surface area contributed by atoms with Crippen molar-refractivity contribution in [3.8, 4) is 0 Å². The van der Waals surface area contributed by atoms with E-state index in [9.17, 15) is 0 Å². The Labute approximate surface area is 48.0 Å². The van der Waals surface area contributed by atoms with E-state index in [1.165, 1.54) is 0 Å². The van der Waals surface area contributed by atoms with Gasteiger partial charge >= 0.3 is 0 Å². The van der Waals surface area contributed by atoms with Crippen LogP contribution in [0.4, 0.5) is 0 Å². The minimum Gasteiger partial charge on any atom is -0.379 e. The van der Waals surface area contributed by atoms with E-state index in [0.29, 0.717) is 5.17 Å². The van der Waals surface area contributed by atoms with E-state index in [1.807, 2.05) is 0 Å². The molecule has 0 aliphatic rings. The molecule has 0 aliphatic heterocycles. The first-order valence-corrected chi connectivity index (χ1v) is 2.27. The van der Waals surface area contributed by atoms with Crippen molar-refractivity contribution < 1.29 is 4.84 Å². The van der Waals surface area contributed by atoms with Crippen LogP contribution in [0, 0.1) is 0 Å². The van der Waals surface area contributed by atoms with Crippen LogP contribution in [0.3, 0.4) is 0 Å². The quantitative estimate of drug-likeness (QED) is 0.366. The van der Waals surface area contributed by atoms with E-state index in [4.69, 9.17) is 0 Å². The van der Waals surface area contributed by atoms with E-state index in [0.717, 1.165) is 0 Å². The monoisotopic (exact) mass is 120 g/mol. The topological polar surface area (TPSA) is 33.3 Å². The van der Waals surface area contributed by atoms with Crippen LogP contribution in [0.2, 0.25) is 0 Å². The van der Waals surface area contributed by atoms with Crippen LogP contribution in [-0.4, -0.2) is 19.3 Å². The van der Waals surface area contributed by atoms with Crippen molar-refractivity contribution in [2.75, 3.05) is 14.1 Å². The number of hydrogen-bond acceptors (Lipinski definition) is 3. The predicted molar refractivity (Wildman–Crippen MR) is 31.8 cm³/mol. The predicted octanol–water partition coefficient (Wildman–Crippen LogP) is -0.358. The number of thiocarbonyl (C=S) groups is 1. The van der Waals surface area contributed by atoms with Gasteiger partial charge in [-0.2, -0.15) is 5.48 Å². The number of hydroxylamine groups is 1. The summed E-state index contributed by atoms with van der Waals surface area (Å²) in [4.78, 5) is 4.56. The Hall–Kier alpha value is -0.350. The summed E-state index contributed by atoms with van der Waals surface area (Å²) in [6.45, 7) is 0. The molecular formula is C3H8N2OS. The summed E-state index contributed by atoms with van der Waals surface area (Å²) >= 11 is 4.56. The molecule has 0 aliphatic carbocycles. The van der Waals surface area contributed by atoms with E-state index >= 15 is 0 Å². The molecule has 2 N–H and O–H groups in total. The molecule has 7 heavy (non-hydrogen) atoms. The smallest absolute Gasteiger partial charge is 0.278 e. The molecule has 0 saturated heterocycles. The van der Waals surface area contributed by atoms with Gasteiger partial charge in [-0.15, -0.1) is 0 Å². The average molecular weight is 120 g/mol. The van der Waals surface area contributed by atoms with Gasteiger partial charge in [0.2, 0.25) is 0 Å². The third-order valence-corrected chi connectivity index (χ3v) is 0.686. The van der Waals surface area contributed by atoms with E-state index < -0.39 is 0 Å². The van der Waals surface area contributed by atoms with Gasteiger partial charge in [-0.05, 0) is 12.2 Å². The fourth-order valence-electron chi connectivity index (χ4n) is 0.144. The number of nitrogens with one attached hydrogen (secondary N) is 2. The minimum absolute atomic E-state index is 0.350. The van der Waals surface area contributed by atoms with Crippen LogP contribution in [0.15, 0.2) is 0 Å². The molecule has 0 aromatic rings. The van der Waals surface area contributed by atoms with Gasteiger partial charge in [0.25, 0.3) is 5.17 Å². The lowest BCUT2D eigenvalue weighted by Gasteiger charge is -1.99. The summed E-state index contributed by atoms with van der Waals surface area (Å²) in [6, 6.07) is 0. The molecule has 0 aromatic heterocycles. The molecule has 0 saturated carbocycles. The second kappa shape index (κ2) is 3.83. The zero-order valence-corrected chi connectivity index (χ0v) is 5.13. The molecule has 3 nitrogen and oxygen atoms in total.